The third-order valence-electron chi connectivity index (χ3n) is 3.07. The Balaban J connectivity index is 1.77. The highest BCUT2D eigenvalue weighted by atomic mass is 16.2. The zero-order chi connectivity index (χ0) is 18.2. The van der Waals surface area contributed by atoms with Crippen molar-refractivity contribution in [2.45, 2.75) is 6.92 Å². The third kappa shape index (κ3) is 5.57. The summed E-state index contributed by atoms with van der Waals surface area (Å²) in [7, 11) is 0. The smallest absolute Gasteiger partial charge is 0.270 e. The Morgan fingerprint density at radius 3 is 2.28 bits per heavy atom. The number of amides is 3. The van der Waals surface area contributed by atoms with Crippen LogP contribution in [0.15, 0.2) is 41.5 Å². The summed E-state index contributed by atoms with van der Waals surface area (Å²) in [5, 5.41) is 7.80. The van der Waals surface area contributed by atoms with Gasteiger partial charge >= 0.3 is 0 Å². The van der Waals surface area contributed by atoms with Crippen molar-refractivity contribution in [1.29, 1.82) is 0 Å². The number of carbonyl (C=O) groups is 3. The quantitative estimate of drug-likeness (QED) is 0.543. The van der Waals surface area contributed by atoms with Crippen molar-refractivity contribution in [2.24, 2.45) is 0 Å². The Morgan fingerprint density at radius 1 is 1.04 bits per heavy atom. The van der Waals surface area contributed by atoms with Gasteiger partial charge in [-0.05, 0) is 24.3 Å². The van der Waals surface area contributed by atoms with Gasteiger partial charge < -0.3 is 20.9 Å². The van der Waals surface area contributed by atoms with Gasteiger partial charge in [0.2, 0.25) is 5.91 Å². The molecule has 9 heteroatoms. The second kappa shape index (κ2) is 8.39. The van der Waals surface area contributed by atoms with Gasteiger partial charge in [-0.2, -0.15) is 0 Å². The molecule has 0 radical (unpaired) electrons. The molecule has 1 aromatic carbocycles. The number of aromatic amines is 1. The van der Waals surface area contributed by atoms with Gasteiger partial charge in [0.1, 0.15) is 5.69 Å². The summed E-state index contributed by atoms with van der Waals surface area (Å²) < 4.78 is 0. The molecule has 1 aromatic heterocycles. The fourth-order valence-corrected chi connectivity index (χ4v) is 1.95. The Hall–Kier alpha value is -3.49. The van der Waals surface area contributed by atoms with E-state index in [-0.39, 0.29) is 30.6 Å². The number of nitrogens with one attached hydrogen (secondary N) is 4. The van der Waals surface area contributed by atoms with Gasteiger partial charge in [0.15, 0.2) is 0 Å². The van der Waals surface area contributed by atoms with Crippen LogP contribution in [-0.4, -0.2) is 40.8 Å². The molecule has 0 unspecified atom stereocenters. The number of H-pyrrole nitrogens is 1. The van der Waals surface area contributed by atoms with E-state index in [4.69, 9.17) is 0 Å². The van der Waals surface area contributed by atoms with E-state index in [1.807, 2.05) is 0 Å². The molecule has 0 aliphatic rings. The van der Waals surface area contributed by atoms with E-state index >= 15 is 0 Å². The van der Waals surface area contributed by atoms with Gasteiger partial charge in [-0.3, -0.25) is 19.2 Å². The monoisotopic (exact) mass is 343 g/mol. The predicted octanol–water partition coefficient (Wildman–Crippen LogP) is -0.112. The molecule has 2 aromatic rings. The standard InChI is InChI=1S/C16H17N5O4/c1-10(22)21-12-4-2-11(3-5-12)15(24)17-6-7-18-16(25)13-8-14(23)20-9-19-13/h2-5,8-9H,6-7H2,1H3,(H,17,24)(H,18,25)(H,21,22)(H,19,20,23). The first-order chi connectivity index (χ1) is 12.0. The number of nitrogens with zero attached hydrogens (tertiary/aromatic N) is 1. The molecular formula is C16H17N5O4. The van der Waals surface area contributed by atoms with Gasteiger partial charge in [0, 0.05) is 37.3 Å². The lowest BCUT2D eigenvalue weighted by molar-refractivity contribution is -0.114. The molecule has 0 spiro atoms. The molecule has 0 fully saturated rings. The maximum Gasteiger partial charge on any atom is 0.270 e. The molecule has 0 bridgehead atoms. The van der Waals surface area contributed by atoms with Crippen LogP contribution in [0.25, 0.3) is 0 Å². The molecule has 9 nitrogen and oxygen atoms in total. The third-order valence-corrected chi connectivity index (χ3v) is 3.07. The van der Waals surface area contributed by atoms with Crippen molar-refractivity contribution in [3.63, 3.8) is 0 Å². The van der Waals surface area contributed by atoms with E-state index in [0.717, 1.165) is 12.4 Å². The molecule has 2 rings (SSSR count). The maximum atomic E-state index is 12.0. The molecule has 0 atom stereocenters. The highest BCUT2D eigenvalue weighted by Crippen LogP contribution is 2.09. The lowest BCUT2D eigenvalue weighted by Crippen LogP contribution is -2.35. The van der Waals surface area contributed by atoms with Crippen LogP contribution in [0.5, 0.6) is 0 Å². The maximum absolute atomic E-state index is 12.0. The minimum Gasteiger partial charge on any atom is -0.350 e. The topological polar surface area (TPSA) is 133 Å². The lowest BCUT2D eigenvalue weighted by atomic mass is 10.2. The van der Waals surface area contributed by atoms with E-state index in [2.05, 4.69) is 25.9 Å². The highest BCUT2D eigenvalue weighted by Gasteiger charge is 2.08. The summed E-state index contributed by atoms with van der Waals surface area (Å²) >= 11 is 0. The molecule has 3 amide bonds. The number of hydrogen-bond acceptors (Lipinski definition) is 5. The van der Waals surface area contributed by atoms with E-state index in [1.165, 1.54) is 6.92 Å². The van der Waals surface area contributed by atoms with Crippen LogP contribution in [0.1, 0.15) is 27.8 Å². The Morgan fingerprint density at radius 2 is 1.68 bits per heavy atom. The van der Waals surface area contributed by atoms with Crippen molar-refractivity contribution in [3.8, 4) is 0 Å². The first-order valence-electron chi connectivity index (χ1n) is 7.44. The normalized spacial score (nSPS) is 9.96. The minimum absolute atomic E-state index is 0.00337. The van der Waals surface area contributed by atoms with Gasteiger partial charge in [-0.15, -0.1) is 0 Å². The lowest BCUT2D eigenvalue weighted by Gasteiger charge is -2.07. The van der Waals surface area contributed by atoms with Crippen LogP contribution in [0.3, 0.4) is 0 Å². The summed E-state index contributed by atoms with van der Waals surface area (Å²) in [6, 6.07) is 7.50. The summed E-state index contributed by atoms with van der Waals surface area (Å²) in [4.78, 5) is 51.8. The summed E-state index contributed by atoms with van der Waals surface area (Å²) in [6.07, 6.45) is 1.14. The summed E-state index contributed by atoms with van der Waals surface area (Å²) in [6.45, 7) is 1.79. The molecule has 25 heavy (non-hydrogen) atoms. The second-order valence-electron chi connectivity index (χ2n) is 5.07. The molecular weight excluding hydrogens is 326 g/mol. The highest BCUT2D eigenvalue weighted by molar-refractivity contribution is 5.95. The molecule has 0 aliphatic heterocycles. The van der Waals surface area contributed by atoms with Crippen LogP contribution in [0.4, 0.5) is 5.69 Å². The molecule has 0 saturated heterocycles. The van der Waals surface area contributed by atoms with E-state index in [0.29, 0.717) is 11.3 Å². The summed E-state index contributed by atoms with van der Waals surface area (Å²) in [5.41, 5.74) is 0.609. The van der Waals surface area contributed by atoms with Crippen molar-refractivity contribution in [3.05, 3.63) is 58.3 Å². The fraction of sp³-hybridized carbons (Fsp3) is 0.188. The molecule has 0 aliphatic carbocycles. The van der Waals surface area contributed by atoms with Crippen molar-refractivity contribution >= 4 is 23.4 Å². The van der Waals surface area contributed by atoms with Gasteiger partial charge in [0.05, 0.1) is 6.33 Å². The fourth-order valence-electron chi connectivity index (χ4n) is 1.95. The number of hydrogen-bond donors (Lipinski definition) is 4. The first-order valence-corrected chi connectivity index (χ1v) is 7.44. The number of anilines is 1. The number of carbonyl (C=O) groups excluding carboxylic acids is 3. The van der Waals surface area contributed by atoms with E-state index in [9.17, 15) is 19.2 Å². The zero-order valence-corrected chi connectivity index (χ0v) is 13.5. The largest absolute Gasteiger partial charge is 0.350 e. The zero-order valence-electron chi connectivity index (χ0n) is 13.5. The second-order valence-corrected chi connectivity index (χ2v) is 5.07. The van der Waals surface area contributed by atoms with Gasteiger partial charge in [0.25, 0.3) is 17.4 Å². The number of benzene rings is 1. The van der Waals surface area contributed by atoms with Crippen molar-refractivity contribution in [1.82, 2.24) is 20.6 Å². The molecule has 4 N–H and O–H groups in total. The molecule has 1 heterocycles. The van der Waals surface area contributed by atoms with Crippen LogP contribution in [0.2, 0.25) is 0 Å². The predicted molar refractivity (Wildman–Crippen MR) is 90.3 cm³/mol. The van der Waals surface area contributed by atoms with Crippen molar-refractivity contribution in [2.75, 3.05) is 18.4 Å². The number of rotatable bonds is 6. The Kier molecular flexibility index (Phi) is 5.99. The van der Waals surface area contributed by atoms with Gasteiger partial charge in [-0.25, -0.2) is 4.98 Å². The summed E-state index contributed by atoms with van der Waals surface area (Å²) in [5.74, 6) is -0.999. The first kappa shape index (κ1) is 17.9. The average molecular weight is 343 g/mol. The molecule has 130 valence electrons. The minimum atomic E-state index is -0.500. The Bertz CT molecular complexity index is 829. The van der Waals surface area contributed by atoms with Crippen LogP contribution >= 0.6 is 0 Å². The SMILES string of the molecule is CC(=O)Nc1ccc(C(=O)NCCNC(=O)c2cc(=O)[nH]cn2)cc1. The van der Waals surface area contributed by atoms with Crippen LogP contribution in [0, 0.1) is 0 Å². The van der Waals surface area contributed by atoms with Crippen LogP contribution in [-0.2, 0) is 4.79 Å². The van der Waals surface area contributed by atoms with E-state index < -0.39 is 11.5 Å². The Labute approximate surface area is 142 Å². The van der Waals surface area contributed by atoms with Gasteiger partial charge in [-0.1, -0.05) is 0 Å². The molecule has 0 saturated carbocycles. The van der Waals surface area contributed by atoms with E-state index in [1.54, 1.807) is 24.3 Å². The van der Waals surface area contributed by atoms with Crippen LogP contribution < -0.4 is 21.5 Å². The number of aromatic nitrogens is 2. The van der Waals surface area contributed by atoms with Crippen molar-refractivity contribution < 1.29 is 14.4 Å². The average Bonchev–Trinajstić information content (AvgIpc) is 2.58.